The zero-order valence-corrected chi connectivity index (χ0v) is 13.2. The van der Waals surface area contributed by atoms with Gasteiger partial charge in [0.25, 0.3) is 5.56 Å². The first-order valence-electron chi connectivity index (χ1n) is 7.35. The summed E-state index contributed by atoms with van der Waals surface area (Å²) in [5, 5.41) is 3.45. The maximum atomic E-state index is 12.0. The van der Waals surface area contributed by atoms with Crippen LogP contribution in [0, 0.1) is 20.8 Å². The van der Waals surface area contributed by atoms with Gasteiger partial charge in [0, 0.05) is 18.3 Å². The summed E-state index contributed by atoms with van der Waals surface area (Å²) in [7, 11) is 0. The summed E-state index contributed by atoms with van der Waals surface area (Å²) in [5.41, 5.74) is 4.50. The lowest BCUT2D eigenvalue weighted by molar-refractivity contribution is 0.462. The molecule has 0 bridgehead atoms. The summed E-state index contributed by atoms with van der Waals surface area (Å²) in [4.78, 5) is 16.2. The molecule has 1 heterocycles. The van der Waals surface area contributed by atoms with E-state index in [-0.39, 0.29) is 11.6 Å². The van der Waals surface area contributed by atoms with Crippen molar-refractivity contribution in [3.05, 3.63) is 63.3 Å². The van der Waals surface area contributed by atoms with Gasteiger partial charge in [0.1, 0.15) is 0 Å². The largest absolute Gasteiger partial charge is 0.309 e. The Labute approximate surface area is 125 Å². The molecule has 0 aliphatic carbocycles. The Balaban J connectivity index is 2.30. The first kappa shape index (κ1) is 15.4. The van der Waals surface area contributed by atoms with Crippen LogP contribution < -0.4 is 10.9 Å². The van der Waals surface area contributed by atoms with E-state index in [2.05, 4.69) is 49.3 Å². The van der Waals surface area contributed by atoms with E-state index >= 15 is 0 Å². The van der Waals surface area contributed by atoms with Crippen LogP contribution in [0.5, 0.6) is 0 Å². The number of nitrogens with zero attached hydrogens (tertiary/aromatic N) is 2. The lowest BCUT2D eigenvalue weighted by Crippen LogP contribution is -2.30. The second-order valence-corrected chi connectivity index (χ2v) is 5.47. The van der Waals surface area contributed by atoms with E-state index in [1.165, 1.54) is 16.7 Å². The number of benzene rings is 1. The zero-order valence-electron chi connectivity index (χ0n) is 13.2. The van der Waals surface area contributed by atoms with Crippen LogP contribution >= 0.6 is 0 Å². The number of nitrogens with one attached hydrogen (secondary N) is 1. The average Bonchev–Trinajstić information content (AvgIpc) is 2.44. The SMILES string of the molecule is CCNC(Cn1cnc(C)cc1=O)c1ccc(C)c(C)c1. The van der Waals surface area contributed by atoms with Gasteiger partial charge in [-0.2, -0.15) is 0 Å². The van der Waals surface area contributed by atoms with Gasteiger partial charge in [-0.3, -0.25) is 9.36 Å². The summed E-state index contributed by atoms with van der Waals surface area (Å²) in [6.07, 6.45) is 1.63. The van der Waals surface area contributed by atoms with Gasteiger partial charge in [0.05, 0.1) is 12.4 Å². The van der Waals surface area contributed by atoms with Gasteiger partial charge >= 0.3 is 0 Å². The lowest BCUT2D eigenvalue weighted by atomic mass is 10.0. The Morgan fingerprint density at radius 3 is 2.57 bits per heavy atom. The van der Waals surface area contributed by atoms with E-state index in [0.29, 0.717) is 6.54 Å². The maximum Gasteiger partial charge on any atom is 0.253 e. The second kappa shape index (κ2) is 6.68. The van der Waals surface area contributed by atoms with Gasteiger partial charge in [-0.15, -0.1) is 0 Å². The van der Waals surface area contributed by atoms with Crippen molar-refractivity contribution in [1.29, 1.82) is 0 Å². The molecule has 0 aliphatic heterocycles. The highest BCUT2D eigenvalue weighted by Gasteiger charge is 2.12. The second-order valence-electron chi connectivity index (χ2n) is 5.47. The minimum atomic E-state index is -0.00534. The molecule has 0 saturated carbocycles. The predicted molar refractivity (Wildman–Crippen MR) is 85.6 cm³/mol. The quantitative estimate of drug-likeness (QED) is 0.918. The Morgan fingerprint density at radius 1 is 1.19 bits per heavy atom. The van der Waals surface area contributed by atoms with E-state index in [9.17, 15) is 4.79 Å². The topological polar surface area (TPSA) is 46.9 Å². The normalized spacial score (nSPS) is 12.4. The molecule has 1 N–H and O–H groups in total. The Hall–Kier alpha value is -1.94. The van der Waals surface area contributed by atoms with Crippen molar-refractivity contribution < 1.29 is 0 Å². The maximum absolute atomic E-state index is 12.0. The molecular weight excluding hydrogens is 262 g/mol. The van der Waals surface area contributed by atoms with E-state index < -0.39 is 0 Å². The summed E-state index contributed by atoms with van der Waals surface area (Å²) >= 11 is 0. The number of likely N-dealkylation sites (N-methyl/N-ethyl adjacent to an activating group) is 1. The zero-order chi connectivity index (χ0) is 15.4. The monoisotopic (exact) mass is 285 g/mol. The van der Waals surface area contributed by atoms with Crippen LogP contribution in [0.15, 0.2) is 35.4 Å². The molecule has 4 nitrogen and oxygen atoms in total. The fourth-order valence-electron chi connectivity index (χ4n) is 2.37. The van der Waals surface area contributed by atoms with Crippen molar-refractivity contribution in [2.24, 2.45) is 0 Å². The molecule has 1 unspecified atom stereocenters. The van der Waals surface area contributed by atoms with Crippen LogP contribution in [0.25, 0.3) is 0 Å². The number of aromatic nitrogens is 2. The summed E-state index contributed by atoms with van der Waals surface area (Å²) in [5.74, 6) is 0. The van der Waals surface area contributed by atoms with Crippen molar-refractivity contribution >= 4 is 0 Å². The minimum Gasteiger partial charge on any atom is -0.309 e. The highest BCUT2D eigenvalue weighted by Crippen LogP contribution is 2.18. The average molecular weight is 285 g/mol. The third-order valence-electron chi connectivity index (χ3n) is 3.78. The van der Waals surface area contributed by atoms with Crippen LogP contribution in [0.4, 0.5) is 0 Å². The third-order valence-corrected chi connectivity index (χ3v) is 3.78. The molecule has 1 aromatic carbocycles. The fourth-order valence-corrected chi connectivity index (χ4v) is 2.37. The molecule has 2 rings (SSSR count). The smallest absolute Gasteiger partial charge is 0.253 e. The molecule has 112 valence electrons. The van der Waals surface area contributed by atoms with Crippen LogP contribution in [0.1, 0.15) is 35.3 Å². The molecule has 4 heteroatoms. The van der Waals surface area contributed by atoms with Crippen molar-refractivity contribution in [1.82, 2.24) is 14.9 Å². The van der Waals surface area contributed by atoms with Crippen molar-refractivity contribution in [2.75, 3.05) is 6.54 Å². The Bertz CT molecular complexity index is 676. The molecule has 0 spiro atoms. The van der Waals surface area contributed by atoms with E-state index in [4.69, 9.17) is 0 Å². The lowest BCUT2D eigenvalue weighted by Gasteiger charge is -2.20. The van der Waals surface area contributed by atoms with Gasteiger partial charge < -0.3 is 5.32 Å². The van der Waals surface area contributed by atoms with Crippen molar-refractivity contribution in [2.45, 2.75) is 40.3 Å². The number of rotatable bonds is 5. The molecule has 0 fully saturated rings. The van der Waals surface area contributed by atoms with Crippen molar-refractivity contribution in [3.8, 4) is 0 Å². The Morgan fingerprint density at radius 2 is 1.95 bits per heavy atom. The molecule has 1 atom stereocenters. The molecule has 0 aliphatic rings. The molecule has 0 amide bonds. The van der Waals surface area contributed by atoms with Crippen LogP contribution in [0.3, 0.4) is 0 Å². The summed E-state index contributed by atoms with van der Waals surface area (Å²) in [6.45, 7) is 9.56. The molecule has 1 aromatic heterocycles. The first-order chi connectivity index (χ1) is 10.0. The fraction of sp³-hybridized carbons (Fsp3) is 0.412. The highest BCUT2D eigenvalue weighted by atomic mass is 16.1. The summed E-state index contributed by atoms with van der Waals surface area (Å²) in [6, 6.07) is 8.13. The molecule has 0 radical (unpaired) electrons. The van der Waals surface area contributed by atoms with Crippen LogP contribution in [-0.2, 0) is 6.54 Å². The number of hydrogen-bond donors (Lipinski definition) is 1. The van der Waals surface area contributed by atoms with E-state index in [1.54, 1.807) is 17.0 Å². The van der Waals surface area contributed by atoms with Gasteiger partial charge in [0.2, 0.25) is 0 Å². The predicted octanol–water partition coefficient (Wildman–Crippen LogP) is 2.52. The van der Waals surface area contributed by atoms with E-state index in [1.807, 2.05) is 6.92 Å². The van der Waals surface area contributed by atoms with Crippen LogP contribution in [-0.4, -0.2) is 16.1 Å². The van der Waals surface area contributed by atoms with Crippen LogP contribution in [0.2, 0.25) is 0 Å². The first-order valence-corrected chi connectivity index (χ1v) is 7.35. The van der Waals surface area contributed by atoms with Gasteiger partial charge in [-0.05, 0) is 44.0 Å². The Kier molecular flexibility index (Phi) is 4.91. The number of hydrogen-bond acceptors (Lipinski definition) is 3. The van der Waals surface area contributed by atoms with Crippen molar-refractivity contribution in [3.63, 3.8) is 0 Å². The van der Waals surface area contributed by atoms with Gasteiger partial charge in [-0.25, -0.2) is 4.98 Å². The van der Waals surface area contributed by atoms with E-state index in [0.717, 1.165) is 12.2 Å². The summed E-state index contributed by atoms with van der Waals surface area (Å²) < 4.78 is 1.66. The standard InChI is InChI=1S/C17H23N3O/c1-5-18-16(15-7-6-12(2)13(3)8-15)10-20-11-19-14(4)9-17(20)21/h6-9,11,16,18H,5,10H2,1-4H3. The molecule has 2 aromatic rings. The van der Waals surface area contributed by atoms with Gasteiger partial charge in [-0.1, -0.05) is 25.1 Å². The van der Waals surface area contributed by atoms with Gasteiger partial charge in [0.15, 0.2) is 0 Å². The molecular formula is C17H23N3O. The molecule has 21 heavy (non-hydrogen) atoms. The molecule has 0 saturated heterocycles. The third kappa shape index (κ3) is 3.79. The highest BCUT2D eigenvalue weighted by molar-refractivity contribution is 5.31. The minimum absolute atomic E-state index is 0.00534. The number of aryl methyl sites for hydroxylation is 3.